The number of nitrogens with one attached hydrogen (secondary N) is 1. The molecule has 112 valence electrons. The highest BCUT2D eigenvalue weighted by Gasteiger charge is 2.17. The lowest BCUT2D eigenvalue weighted by atomic mass is 9.98. The van der Waals surface area contributed by atoms with E-state index in [1.165, 1.54) is 5.56 Å². The second-order valence-corrected chi connectivity index (χ2v) is 5.55. The van der Waals surface area contributed by atoms with E-state index in [2.05, 4.69) is 43.4 Å². The van der Waals surface area contributed by atoms with Crippen molar-refractivity contribution in [2.45, 2.75) is 45.2 Å². The van der Waals surface area contributed by atoms with Crippen LogP contribution in [0.1, 0.15) is 56.3 Å². The normalized spacial score (nSPS) is 13.8. The van der Waals surface area contributed by atoms with Gasteiger partial charge in [-0.2, -0.15) is 0 Å². The van der Waals surface area contributed by atoms with Gasteiger partial charge in [-0.05, 0) is 25.0 Å². The first-order valence-corrected chi connectivity index (χ1v) is 7.81. The van der Waals surface area contributed by atoms with Crippen molar-refractivity contribution < 1.29 is 5.11 Å². The molecule has 0 saturated carbocycles. The van der Waals surface area contributed by atoms with Gasteiger partial charge in [0, 0.05) is 17.6 Å². The maximum atomic E-state index is 10.1. The van der Waals surface area contributed by atoms with Crippen LogP contribution < -0.4 is 5.32 Å². The topological polar surface area (TPSA) is 32.3 Å². The van der Waals surface area contributed by atoms with Crippen LogP contribution in [0.4, 0.5) is 0 Å². The summed E-state index contributed by atoms with van der Waals surface area (Å²) in [4.78, 5) is 0. The molecule has 2 heteroatoms. The van der Waals surface area contributed by atoms with E-state index < -0.39 is 0 Å². The molecule has 2 aromatic rings. The maximum Gasteiger partial charge on any atom is 0.120 e. The Hall–Kier alpha value is -1.80. The first kappa shape index (κ1) is 15.6. The molecule has 0 heterocycles. The number of para-hydroxylation sites is 1. The minimum absolute atomic E-state index is 0.182. The zero-order chi connectivity index (χ0) is 15.1. The number of hydrogen-bond donors (Lipinski definition) is 2. The summed E-state index contributed by atoms with van der Waals surface area (Å²) in [6, 6.07) is 18.5. The van der Waals surface area contributed by atoms with Crippen molar-refractivity contribution in [2.75, 3.05) is 0 Å². The second kappa shape index (κ2) is 7.84. The highest BCUT2D eigenvalue weighted by atomic mass is 16.3. The number of phenols is 1. The van der Waals surface area contributed by atoms with Gasteiger partial charge in [0.1, 0.15) is 5.75 Å². The SMILES string of the molecule is CCCC[C@H](N[C@H](C)c1ccccc1)c1ccccc1O. The van der Waals surface area contributed by atoms with E-state index in [0.717, 1.165) is 24.8 Å². The summed E-state index contributed by atoms with van der Waals surface area (Å²) in [5.74, 6) is 0.381. The van der Waals surface area contributed by atoms with Gasteiger partial charge in [-0.3, -0.25) is 0 Å². The zero-order valence-corrected chi connectivity index (χ0v) is 12.9. The molecule has 21 heavy (non-hydrogen) atoms. The Labute approximate surface area is 127 Å². The fraction of sp³-hybridized carbons (Fsp3) is 0.368. The molecule has 2 aromatic carbocycles. The summed E-state index contributed by atoms with van der Waals surface area (Å²) in [5, 5.41) is 13.8. The maximum absolute atomic E-state index is 10.1. The molecule has 2 atom stereocenters. The van der Waals surface area contributed by atoms with E-state index in [4.69, 9.17) is 0 Å². The van der Waals surface area contributed by atoms with E-state index in [-0.39, 0.29) is 12.1 Å². The molecule has 0 fully saturated rings. The summed E-state index contributed by atoms with van der Waals surface area (Å²) in [6.07, 6.45) is 3.34. The van der Waals surface area contributed by atoms with Gasteiger partial charge in [0.15, 0.2) is 0 Å². The standard InChI is InChI=1S/C19H25NO/c1-3-4-13-18(17-12-8-9-14-19(17)21)20-15(2)16-10-6-5-7-11-16/h5-12,14-15,18,20-21H,3-4,13H2,1-2H3/t15-,18+/m1/s1. The Kier molecular flexibility index (Phi) is 5.82. The second-order valence-electron chi connectivity index (χ2n) is 5.55. The van der Waals surface area contributed by atoms with Crippen LogP contribution in [0.15, 0.2) is 54.6 Å². The van der Waals surface area contributed by atoms with E-state index >= 15 is 0 Å². The fourth-order valence-electron chi connectivity index (χ4n) is 2.66. The smallest absolute Gasteiger partial charge is 0.120 e. The third-order valence-corrected chi connectivity index (χ3v) is 3.91. The molecule has 0 bridgehead atoms. The first-order chi connectivity index (χ1) is 10.2. The van der Waals surface area contributed by atoms with Gasteiger partial charge in [-0.1, -0.05) is 68.3 Å². The number of phenolic OH excluding ortho intramolecular Hbond substituents is 1. The molecule has 0 aliphatic heterocycles. The summed E-state index contributed by atoms with van der Waals surface area (Å²) in [7, 11) is 0. The minimum atomic E-state index is 0.182. The van der Waals surface area contributed by atoms with Crippen LogP contribution in [0.2, 0.25) is 0 Å². The van der Waals surface area contributed by atoms with Crippen LogP contribution in [0.25, 0.3) is 0 Å². The molecule has 0 saturated heterocycles. The quantitative estimate of drug-likeness (QED) is 0.751. The highest BCUT2D eigenvalue weighted by molar-refractivity contribution is 5.35. The lowest BCUT2D eigenvalue weighted by Gasteiger charge is -2.25. The Morgan fingerprint density at radius 3 is 2.33 bits per heavy atom. The average molecular weight is 283 g/mol. The van der Waals surface area contributed by atoms with Crippen molar-refractivity contribution in [2.24, 2.45) is 0 Å². The molecule has 0 aliphatic carbocycles. The molecule has 2 rings (SSSR count). The Bertz CT molecular complexity index is 538. The van der Waals surface area contributed by atoms with Crippen molar-refractivity contribution in [1.82, 2.24) is 5.32 Å². The number of rotatable bonds is 7. The predicted octanol–water partition coefficient (Wildman–Crippen LogP) is 4.97. The van der Waals surface area contributed by atoms with Crippen LogP contribution in [0, 0.1) is 0 Å². The lowest BCUT2D eigenvalue weighted by molar-refractivity contribution is 0.404. The van der Waals surface area contributed by atoms with Crippen molar-refractivity contribution in [3.8, 4) is 5.75 Å². The fourth-order valence-corrected chi connectivity index (χ4v) is 2.66. The van der Waals surface area contributed by atoms with Crippen molar-refractivity contribution in [1.29, 1.82) is 0 Å². The molecule has 2 nitrogen and oxygen atoms in total. The monoisotopic (exact) mass is 283 g/mol. The Balaban J connectivity index is 2.15. The summed E-state index contributed by atoms with van der Waals surface area (Å²) in [5.41, 5.74) is 2.27. The minimum Gasteiger partial charge on any atom is -0.508 e. The van der Waals surface area contributed by atoms with Gasteiger partial charge in [0.2, 0.25) is 0 Å². The van der Waals surface area contributed by atoms with Crippen LogP contribution in [-0.4, -0.2) is 5.11 Å². The Morgan fingerprint density at radius 1 is 1.00 bits per heavy atom. The molecular formula is C19H25NO. The number of benzene rings is 2. The van der Waals surface area contributed by atoms with Gasteiger partial charge in [-0.15, -0.1) is 0 Å². The van der Waals surface area contributed by atoms with E-state index in [1.54, 1.807) is 6.07 Å². The molecule has 0 amide bonds. The number of aromatic hydroxyl groups is 1. The molecule has 0 aliphatic rings. The van der Waals surface area contributed by atoms with Crippen LogP contribution >= 0.6 is 0 Å². The predicted molar refractivity (Wildman–Crippen MR) is 88.4 cm³/mol. The molecular weight excluding hydrogens is 258 g/mol. The number of hydrogen-bond acceptors (Lipinski definition) is 2. The molecule has 0 spiro atoms. The third kappa shape index (κ3) is 4.33. The van der Waals surface area contributed by atoms with Gasteiger partial charge in [0.25, 0.3) is 0 Å². The van der Waals surface area contributed by atoms with Gasteiger partial charge in [0.05, 0.1) is 0 Å². The first-order valence-electron chi connectivity index (χ1n) is 7.81. The van der Waals surface area contributed by atoms with Crippen molar-refractivity contribution in [3.63, 3.8) is 0 Å². The molecule has 0 aromatic heterocycles. The highest BCUT2D eigenvalue weighted by Crippen LogP contribution is 2.29. The van der Waals surface area contributed by atoms with Crippen LogP contribution in [0.5, 0.6) is 5.75 Å². The zero-order valence-electron chi connectivity index (χ0n) is 12.9. The van der Waals surface area contributed by atoms with Gasteiger partial charge >= 0.3 is 0 Å². The Morgan fingerprint density at radius 2 is 1.67 bits per heavy atom. The lowest BCUT2D eigenvalue weighted by Crippen LogP contribution is -2.24. The molecule has 2 N–H and O–H groups in total. The van der Waals surface area contributed by atoms with Crippen molar-refractivity contribution in [3.05, 3.63) is 65.7 Å². The van der Waals surface area contributed by atoms with E-state index in [0.29, 0.717) is 5.75 Å². The van der Waals surface area contributed by atoms with E-state index in [1.807, 2.05) is 24.3 Å². The molecule has 0 radical (unpaired) electrons. The van der Waals surface area contributed by atoms with E-state index in [9.17, 15) is 5.11 Å². The van der Waals surface area contributed by atoms with Crippen molar-refractivity contribution >= 4 is 0 Å². The third-order valence-electron chi connectivity index (χ3n) is 3.91. The largest absolute Gasteiger partial charge is 0.508 e. The summed E-state index contributed by atoms with van der Waals surface area (Å²) in [6.45, 7) is 4.37. The van der Waals surface area contributed by atoms with Crippen LogP contribution in [-0.2, 0) is 0 Å². The summed E-state index contributed by atoms with van der Waals surface area (Å²) >= 11 is 0. The van der Waals surface area contributed by atoms with Crippen LogP contribution in [0.3, 0.4) is 0 Å². The van der Waals surface area contributed by atoms with Gasteiger partial charge < -0.3 is 10.4 Å². The summed E-state index contributed by atoms with van der Waals surface area (Å²) < 4.78 is 0. The average Bonchev–Trinajstić information content (AvgIpc) is 2.53. The van der Waals surface area contributed by atoms with Gasteiger partial charge in [-0.25, -0.2) is 0 Å². The molecule has 0 unspecified atom stereocenters. The number of unbranched alkanes of at least 4 members (excludes halogenated alkanes) is 1.